The van der Waals surface area contributed by atoms with Gasteiger partial charge in [0.2, 0.25) is 6.04 Å². The predicted octanol–water partition coefficient (Wildman–Crippen LogP) is 5.00. The van der Waals surface area contributed by atoms with E-state index in [1.807, 2.05) is 13.0 Å². The van der Waals surface area contributed by atoms with E-state index in [1.165, 1.54) is 27.2 Å². The van der Waals surface area contributed by atoms with E-state index in [0.29, 0.717) is 22.2 Å². The van der Waals surface area contributed by atoms with Gasteiger partial charge in [0, 0.05) is 12.1 Å². The first-order valence-corrected chi connectivity index (χ1v) is 8.92. The zero-order valence-corrected chi connectivity index (χ0v) is 17.3. The van der Waals surface area contributed by atoms with Crippen molar-refractivity contribution in [3.05, 3.63) is 45.9 Å². The second-order valence-corrected chi connectivity index (χ2v) is 6.57. The van der Waals surface area contributed by atoms with Crippen LogP contribution in [0, 0.1) is 6.92 Å². The number of azo groups is 1. The number of aryl methyl sites for hydroxylation is 1. The molecule has 0 heterocycles. The van der Waals surface area contributed by atoms with E-state index >= 15 is 0 Å². The fourth-order valence-corrected chi connectivity index (χ4v) is 2.68. The molecular formula is C19H19Cl2N3O4. The normalized spacial score (nSPS) is 11.9. The molecule has 0 saturated heterocycles. The van der Waals surface area contributed by atoms with E-state index in [4.69, 9.17) is 32.7 Å². The van der Waals surface area contributed by atoms with Gasteiger partial charge >= 0.3 is 0 Å². The van der Waals surface area contributed by atoms with Crippen LogP contribution in [0.15, 0.2) is 40.6 Å². The average molecular weight is 424 g/mol. The number of nitrogens with one attached hydrogen (secondary N) is 1. The van der Waals surface area contributed by atoms with Crippen LogP contribution < -0.4 is 14.8 Å². The Morgan fingerprint density at radius 2 is 1.82 bits per heavy atom. The lowest BCUT2D eigenvalue weighted by atomic mass is 10.2. The molecule has 148 valence electrons. The van der Waals surface area contributed by atoms with Crippen molar-refractivity contribution in [2.75, 3.05) is 19.5 Å². The van der Waals surface area contributed by atoms with Gasteiger partial charge in [0.05, 0.1) is 24.9 Å². The molecule has 2 aromatic carbocycles. The summed E-state index contributed by atoms with van der Waals surface area (Å²) in [4.78, 5) is 24.6. The Morgan fingerprint density at radius 1 is 1.11 bits per heavy atom. The van der Waals surface area contributed by atoms with Crippen molar-refractivity contribution >= 4 is 46.3 Å². The van der Waals surface area contributed by atoms with Gasteiger partial charge in [-0.15, -0.1) is 0 Å². The number of carbonyl (C=O) groups excluding carboxylic acids is 2. The number of halogens is 2. The quantitative estimate of drug-likeness (QED) is 0.501. The summed E-state index contributed by atoms with van der Waals surface area (Å²) >= 11 is 12.4. The van der Waals surface area contributed by atoms with Crippen LogP contribution in [-0.4, -0.2) is 32.0 Å². The van der Waals surface area contributed by atoms with Crippen LogP contribution in [0.25, 0.3) is 0 Å². The van der Waals surface area contributed by atoms with E-state index in [0.717, 1.165) is 5.56 Å². The Bertz CT molecular complexity index is 932. The maximum Gasteiger partial charge on any atom is 0.258 e. The van der Waals surface area contributed by atoms with Gasteiger partial charge in [-0.3, -0.25) is 9.59 Å². The third-order valence-corrected chi connectivity index (χ3v) is 4.69. The minimum atomic E-state index is -1.37. The summed E-state index contributed by atoms with van der Waals surface area (Å²) in [6.07, 6.45) is 0. The molecule has 7 nitrogen and oxygen atoms in total. The number of hydrogen-bond acceptors (Lipinski definition) is 6. The number of methoxy groups -OCH3 is 2. The third kappa shape index (κ3) is 4.99. The molecule has 0 aliphatic carbocycles. The topological polar surface area (TPSA) is 89.4 Å². The molecule has 0 radical (unpaired) electrons. The molecule has 1 atom stereocenters. The van der Waals surface area contributed by atoms with E-state index < -0.39 is 17.7 Å². The highest BCUT2D eigenvalue weighted by Gasteiger charge is 2.25. The number of rotatable bonds is 7. The van der Waals surface area contributed by atoms with Crippen LogP contribution in [0.1, 0.15) is 12.5 Å². The first-order valence-electron chi connectivity index (χ1n) is 8.17. The van der Waals surface area contributed by atoms with Gasteiger partial charge in [-0.2, -0.15) is 10.2 Å². The smallest absolute Gasteiger partial charge is 0.258 e. The van der Waals surface area contributed by atoms with Crippen molar-refractivity contribution in [1.29, 1.82) is 0 Å². The Hall–Kier alpha value is -2.64. The van der Waals surface area contributed by atoms with E-state index in [9.17, 15) is 9.59 Å². The summed E-state index contributed by atoms with van der Waals surface area (Å²) in [6.45, 7) is 3.06. The fraction of sp³-hybridized carbons (Fsp3) is 0.263. The lowest BCUT2D eigenvalue weighted by molar-refractivity contribution is -0.126. The number of amides is 1. The number of benzene rings is 2. The third-order valence-electron chi connectivity index (χ3n) is 3.81. The SMILES string of the molecule is COc1cc(NC(=O)C(N=Nc2cccc(C)c2Cl)C(C)=O)c(Cl)c(OC)c1. The van der Waals surface area contributed by atoms with Crippen LogP contribution >= 0.6 is 23.2 Å². The molecule has 1 unspecified atom stereocenters. The maximum absolute atomic E-state index is 12.6. The molecule has 9 heteroatoms. The highest BCUT2D eigenvalue weighted by Crippen LogP contribution is 2.36. The second kappa shape index (κ2) is 9.52. The number of ether oxygens (including phenoxy) is 2. The number of anilines is 1. The predicted molar refractivity (Wildman–Crippen MR) is 108 cm³/mol. The van der Waals surface area contributed by atoms with Gasteiger partial charge in [0.1, 0.15) is 22.2 Å². The van der Waals surface area contributed by atoms with Crippen molar-refractivity contribution in [3.63, 3.8) is 0 Å². The largest absolute Gasteiger partial charge is 0.497 e. The Labute approximate surface area is 172 Å². The minimum absolute atomic E-state index is 0.164. The van der Waals surface area contributed by atoms with Crippen LogP contribution in [0.4, 0.5) is 11.4 Å². The van der Waals surface area contributed by atoms with Crippen molar-refractivity contribution in [2.45, 2.75) is 19.9 Å². The molecule has 0 aliphatic heterocycles. The number of carbonyl (C=O) groups is 2. The first-order chi connectivity index (χ1) is 13.3. The van der Waals surface area contributed by atoms with Crippen molar-refractivity contribution < 1.29 is 19.1 Å². The summed E-state index contributed by atoms with van der Waals surface area (Å²) in [7, 11) is 2.90. The number of nitrogens with zero attached hydrogens (tertiary/aromatic N) is 2. The zero-order valence-electron chi connectivity index (χ0n) is 15.7. The van der Waals surface area contributed by atoms with E-state index in [1.54, 1.807) is 18.2 Å². The standard InChI is InChI=1S/C19H19Cl2N3O4/c1-10-6-5-7-13(16(10)20)23-24-18(11(2)25)19(26)22-14-8-12(27-3)9-15(28-4)17(14)21/h5-9,18H,1-4H3,(H,22,26). The van der Waals surface area contributed by atoms with Gasteiger partial charge in [0.25, 0.3) is 5.91 Å². The van der Waals surface area contributed by atoms with Gasteiger partial charge < -0.3 is 14.8 Å². The van der Waals surface area contributed by atoms with Gasteiger partial charge in [-0.25, -0.2) is 0 Å². The van der Waals surface area contributed by atoms with Gasteiger partial charge in [-0.1, -0.05) is 35.3 Å². The summed E-state index contributed by atoms with van der Waals surface area (Å²) in [5, 5.41) is 11.0. The Balaban J connectivity index is 2.30. The number of ketones is 1. The highest BCUT2D eigenvalue weighted by molar-refractivity contribution is 6.35. The van der Waals surface area contributed by atoms with E-state index in [-0.39, 0.29) is 10.7 Å². The molecule has 0 spiro atoms. The summed E-state index contributed by atoms with van der Waals surface area (Å²) < 4.78 is 10.3. The molecule has 28 heavy (non-hydrogen) atoms. The molecular weight excluding hydrogens is 405 g/mol. The van der Waals surface area contributed by atoms with Crippen molar-refractivity contribution in [1.82, 2.24) is 0 Å². The number of Topliss-reactive ketones (excluding diaryl/α,β-unsaturated/α-hetero) is 1. The Morgan fingerprint density at radius 3 is 2.43 bits per heavy atom. The fourth-order valence-electron chi connectivity index (χ4n) is 2.28. The zero-order chi connectivity index (χ0) is 20.8. The van der Waals surface area contributed by atoms with Crippen molar-refractivity contribution in [3.8, 4) is 11.5 Å². The summed E-state index contributed by atoms with van der Waals surface area (Å²) in [5.41, 5.74) is 1.39. The second-order valence-electron chi connectivity index (χ2n) is 5.82. The monoisotopic (exact) mass is 423 g/mol. The van der Waals surface area contributed by atoms with Crippen molar-refractivity contribution in [2.24, 2.45) is 10.2 Å². The minimum Gasteiger partial charge on any atom is -0.497 e. The van der Waals surface area contributed by atoms with Crippen LogP contribution in [-0.2, 0) is 9.59 Å². The molecule has 2 rings (SSSR count). The average Bonchev–Trinajstić information content (AvgIpc) is 2.66. The molecule has 1 amide bonds. The van der Waals surface area contributed by atoms with E-state index in [2.05, 4.69) is 15.5 Å². The van der Waals surface area contributed by atoms with Crippen LogP contribution in [0.3, 0.4) is 0 Å². The molecule has 2 aromatic rings. The molecule has 0 fully saturated rings. The highest BCUT2D eigenvalue weighted by atomic mass is 35.5. The molecule has 0 aromatic heterocycles. The molecule has 0 aliphatic rings. The van der Waals surface area contributed by atoms with Crippen LogP contribution in [0.5, 0.6) is 11.5 Å². The molecule has 0 saturated carbocycles. The van der Waals surface area contributed by atoms with Gasteiger partial charge in [-0.05, 0) is 25.5 Å². The molecule has 1 N–H and O–H groups in total. The summed E-state index contributed by atoms with van der Waals surface area (Å²) in [6, 6.07) is 6.91. The van der Waals surface area contributed by atoms with Crippen LogP contribution in [0.2, 0.25) is 10.0 Å². The number of hydrogen-bond donors (Lipinski definition) is 1. The Kier molecular flexibility index (Phi) is 7.37. The molecule has 0 bridgehead atoms. The maximum atomic E-state index is 12.6. The van der Waals surface area contributed by atoms with Gasteiger partial charge in [0.15, 0.2) is 5.78 Å². The lowest BCUT2D eigenvalue weighted by Gasteiger charge is -2.14. The summed E-state index contributed by atoms with van der Waals surface area (Å²) in [5.74, 6) is -0.457. The first kappa shape index (κ1) is 21.7. The lowest BCUT2D eigenvalue weighted by Crippen LogP contribution is -2.32.